The Bertz CT molecular complexity index is 733. The van der Waals surface area contributed by atoms with Crippen molar-refractivity contribution in [3.05, 3.63) is 54.4 Å². The van der Waals surface area contributed by atoms with E-state index in [4.69, 9.17) is 9.47 Å². The first-order valence-electron chi connectivity index (χ1n) is 8.95. The molecule has 136 valence electrons. The predicted octanol–water partition coefficient (Wildman–Crippen LogP) is 1.85. The van der Waals surface area contributed by atoms with Crippen molar-refractivity contribution < 1.29 is 14.3 Å². The Morgan fingerprint density at radius 3 is 2.85 bits per heavy atom. The lowest BCUT2D eigenvalue weighted by Gasteiger charge is -2.38. The van der Waals surface area contributed by atoms with Gasteiger partial charge in [-0.25, -0.2) is 4.98 Å². The van der Waals surface area contributed by atoms with E-state index in [-0.39, 0.29) is 17.6 Å². The van der Waals surface area contributed by atoms with E-state index >= 15 is 0 Å². The highest BCUT2D eigenvalue weighted by atomic mass is 16.6. The minimum Gasteiger partial charge on any atom is -0.372 e. The smallest absolute Gasteiger partial charge is 0.274 e. The molecule has 7 nitrogen and oxygen atoms in total. The molecule has 1 amide bonds. The highest BCUT2D eigenvalue weighted by Gasteiger charge is 2.44. The summed E-state index contributed by atoms with van der Waals surface area (Å²) in [6.07, 6.45) is 8.99. The number of likely N-dealkylation sites (tertiary alicyclic amines) is 1. The molecule has 2 fully saturated rings. The van der Waals surface area contributed by atoms with Gasteiger partial charge in [0.1, 0.15) is 5.69 Å². The van der Waals surface area contributed by atoms with Crippen LogP contribution in [0.5, 0.6) is 0 Å². The summed E-state index contributed by atoms with van der Waals surface area (Å²) in [7, 11) is 0. The van der Waals surface area contributed by atoms with Gasteiger partial charge in [-0.2, -0.15) is 0 Å². The summed E-state index contributed by atoms with van der Waals surface area (Å²) in [5.41, 5.74) is 1.15. The van der Waals surface area contributed by atoms with Crippen LogP contribution in [-0.4, -0.2) is 57.2 Å². The summed E-state index contributed by atoms with van der Waals surface area (Å²) in [6, 6.07) is 5.82. The third-order valence-corrected chi connectivity index (χ3v) is 5.11. The van der Waals surface area contributed by atoms with Gasteiger partial charge in [-0.3, -0.25) is 14.8 Å². The van der Waals surface area contributed by atoms with Crippen molar-refractivity contribution in [2.24, 2.45) is 0 Å². The summed E-state index contributed by atoms with van der Waals surface area (Å²) in [4.78, 5) is 26.7. The molecule has 1 atom stereocenters. The molecule has 2 aliphatic rings. The van der Waals surface area contributed by atoms with Gasteiger partial charge < -0.3 is 14.4 Å². The number of nitrogens with zero attached hydrogens (tertiary/aromatic N) is 4. The van der Waals surface area contributed by atoms with Gasteiger partial charge in [0.05, 0.1) is 36.8 Å². The van der Waals surface area contributed by atoms with Crippen molar-refractivity contribution in [2.75, 3.05) is 19.7 Å². The lowest BCUT2D eigenvalue weighted by molar-refractivity contribution is -0.0413. The number of hydrogen-bond donors (Lipinski definition) is 0. The van der Waals surface area contributed by atoms with Crippen LogP contribution in [0.15, 0.2) is 43.0 Å². The fraction of sp³-hybridized carbons (Fsp3) is 0.474. The Balaban J connectivity index is 1.28. The Morgan fingerprint density at radius 2 is 2.12 bits per heavy atom. The lowest BCUT2D eigenvalue weighted by atomic mass is 9.88. The van der Waals surface area contributed by atoms with Crippen LogP contribution in [0.2, 0.25) is 0 Å². The average molecular weight is 354 g/mol. The summed E-state index contributed by atoms with van der Waals surface area (Å²) >= 11 is 0. The maximum Gasteiger partial charge on any atom is 0.274 e. The van der Waals surface area contributed by atoms with Crippen LogP contribution in [0.4, 0.5) is 0 Å². The molecule has 0 unspecified atom stereocenters. The lowest BCUT2D eigenvalue weighted by Crippen LogP contribution is -2.46. The average Bonchev–Trinajstić information content (AvgIpc) is 3.10. The van der Waals surface area contributed by atoms with Gasteiger partial charge in [0.25, 0.3) is 5.91 Å². The number of pyridine rings is 1. The molecule has 2 aromatic rings. The van der Waals surface area contributed by atoms with Crippen LogP contribution in [0.3, 0.4) is 0 Å². The second-order valence-corrected chi connectivity index (χ2v) is 6.84. The summed E-state index contributed by atoms with van der Waals surface area (Å²) in [5, 5.41) is 0. The first kappa shape index (κ1) is 17.1. The normalized spacial score (nSPS) is 21.8. The van der Waals surface area contributed by atoms with E-state index in [1.54, 1.807) is 18.6 Å². The van der Waals surface area contributed by atoms with E-state index in [0.717, 1.165) is 25.0 Å². The van der Waals surface area contributed by atoms with Gasteiger partial charge in [0.2, 0.25) is 0 Å². The molecule has 0 saturated carbocycles. The van der Waals surface area contributed by atoms with Gasteiger partial charge in [-0.1, -0.05) is 6.07 Å². The van der Waals surface area contributed by atoms with Crippen molar-refractivity contribution in [1.82, 2.24) is 19.9 Å². The quantitative estimate of drug-likeness (QED) is 0.834. The van der Waals surface area contributed by atoms with Gasteiger partial charge in [-0.15, -0.1) is 0 Å². The Kier molecular flexibility index (Phi) is 4.90. The van der Waals surface area contributed by atoms with Crippen molar-refractivity contribution in [1.29, 1.82) is 0 Å². The number of aromatic nitrogens is 3. The number of amides is 1. The number of carbonyl (C=O) groups excluding carboxylic acids is 1. The molecule has 0 aliphatic carbocycles. The molecule has 0 N–H and O–H groups in total. The fourth-order valence-electron chi connectivity index (χ4n) is 3.63. The van der Waals surface area contributed by atoms with Crippen LogP contribution < -0.4 is 0 Å². The van der Waals surface area contributed by atoms with E-state index in [9.17, 15) is 4.79 Å². The van der Waals surface area contributed by atoms with Gasteiger partial charge in [0.15, 0.2) is 0 Å². The molecule has 0 aromatic carbocycles. The Labute approximate surface area is 152 Å². The van der Waals surface area contributed by atoms with E-state index in [1.165, 1.54) is 6.20 Å². The molecule has 0 radical (unpaired) electrons. The number of carbonyl (C=O) groups is 1. The van der Waals surface area contributed by atoms with E-state index in [0.29, 0.717) is 32.0 Å². The number of ether oxygens (including phenoxy) is 2. The molecular weight excluding hydrogens is 332 g/mol. The molecule has 2 aromatic heterocycles. The van der Waals surface area contributed by atoms with Gasteiger partial charge >= 0.3 is 0 Å². The van der Waals surface area contributed by atoms with Crippen LogP contribution in [0.25, 0.3) is 0 Å². The SMILES string of the molecule is O=C(c1cnccn1)N1CCC2(CC1)C[C@H](OCc1ccccn1)CO2. The summed E-state index contributed by atoms with van der Waals surface area (Å²) in [5.74, 6) is -0.0612. The van der Waals surface area contributed by atoms with Crippen molar-refractivity contribution in [3.8, 4) is 0 Å². The second-order valence-electron chi connectivity index (χ2n) is 6.84. The third-order valence-electron chi connectivity index (χ3n) is 5.11. The van der Waals surface area contributed by atoms with Gasteiger partial charge in [0, 0.05) is 38.1 Å². The first-order valence-corrected chi connectivity index (χ1v) is 8.95. The zero-order valence-corrected chi connectivity index (χ0v) is 14.6. The molecular formula is C19H22N4O3. The minimum absolute atomic E-state index is 0.0612. The highest BCUT2D eigenvalue weighted by Crippen LogP contribution is 2.37. The van der Waals surface area contributed by atoms with E-state index < -0.39 is 0 Å². The fourth-order valence-corrected chi connectivity index (χ4v) is 3.63. The zero-order chi connectivity index (χ0) is 17.8. The van der Waals surface area contributed by atoms with Crippen molar-refractivity contribution >= 4 is 5.91 Å². The van der Waals surface area contributed by atoms with Crippen LogP contribution in [-0.2, 0) is 16.1 Å². The molecule has 4 rings (SSSR count). The molecule has 1 spiro atoms. The maximum absolute atomic E-state index is 12.5. The zero-order valence-electron chi connectivity index (χ0n) is 14.6. The van der Waals surface area contributed by atoms with E-state index in [2.05, 4.69) is 15.0 Å². The Morgan fingerprint density at radius 1 is 1.23 bits per heavy atom. The standard InChI is InChI=1S/C19H22N4O3/c24-18(17-12-20-7-8-22-17)23-9-4-19(5-10-23)11-16(14-26-19)25-13-15-3-1-2-6-21-15/h1-3,6-8,12,16H,4-5,9-11,13-14H2/t16-/m0/s1. The highest BCUT2D eigenvalue weighted by molar-refractivity contribution is 5.92. The van der Waals surface area contributed by atoms with E-state index in [1.807, 2.05) is 23.1 Å². The molecule has 2 aliphatic heterocycles. The minimum atomic E-state index is -0.173. The molecule has 4 heterocycles. The van der Waals surface area contributed by atoms with Gasteiger partial charge in [-0.05, 0) is 25.0 Å². The monoisotopic (exact) mass is 354 g/mol. The molecule has 0 bridgehead atoms. The maximum atomic E-state index is 12.5. The molecule has 2 saturated heterocycles. The first-order chi connectivity index (χ1) is 12.7. The molecule has 7 heteroatoms. The predicted molar refractivity (Wildman–Crippen MR) is 93.3 cm³/mol. The third kappa shape index (κ3) is 3.73. The van der Waals surface area contributed by atoms with Crippen LogP contribution in [0.1, 0.15) is 35.4 Å². The van der Waals surface area contributed by atoms with Crippen molar-refractivity contribution in [3.63, 3.8) is 0 Å². The molecule has 26 heavy (non-hydrogen) atoms. The second kappa shape index (κ2) is 7.47. The Hall–Kier alpha value is -2.38. The topological polar surface area (TPSA) is 77.4 Å². The van der Waals surface area contributed by atoms with Crippen molar-refractivity contribution in [2.45, 2.75) is 37.6 Å². The largest absolute Gasteiger partial charge is 0.372 e. The number of piperidine rings is 1. The van der Waals surface area contributed by atoms with Crippen LogP contribution >= 0.6 is 0 Å². The summed E-state index contributed by atoms with van der Waals surface area (Å²) in [6.45, 7) is 2.44. The summed E-state index contributed by atoms with van der Waals surface area (Å²) < 4.78 is 12.1. The van der Waals surface area contributed by atoms with Crippen LogP contribution in [0, 0.1) is 0 Å². The number of hydrogen-bond acceptors (Lipinski definition) is 6. The number of rotatable bonds is 4.